The van der Waals surface area contributed by atoms with Gasteiger partial charge in [0, 0.05) is 37.9 Å². The molecule has 0 fully saturated rings. The zero-order valence-corrected chi connectivity index (χ0v) is 13.6. The van der Waals surface area contributed by atoms with Gasteiger partial charge in [-0.2, -0.15) is 0 Å². The summed E-state index contributed by atoms with van der Waals surface area (Å²) in [4.78, 5) is 13.7. The van der Waals surface area contributed by atoms with Crippen LogP contribution in [0.4, 0.5) is 0 Å². The maximum atomic E-state index is 11.6. The molecule has 0 atom stereocenters. The van der Waals surface area contributed by atoms with Crippen molar-refractivity contribution in [3.05, 3.63) is 35.9 Å². The third kappa shape index (κ3) is 8.94. The van der Waals surface area contributed by atoms with Gasteiger partial charge >= 0.3 is 0 Å². The fraction of sp³-hybridized carbons (Fsp3) is 0.533. The van der Waals surface area contributed by atoms with Gasteiger partial charge in [0.25, 0.3) is 0 Å². The first-order valence-electron chi connectivity index (χ1n) is 6.99. The molecule has 0 aliphatic heterocycles. The van der Waals surface area contributed by atoms with Crippen molar-refractivity contribution in [1.29, 1.82) is 0 Å². The maximum Gasteiger partial charge on any atom is 0.246 e. The molecule has 21 heavy (non-hydrogen) atoms. The van der Waals surface area contributed by atoms with Crippen LogP contribution in [0.25, 0.3) is 0 Å². The van der Waals surface area contributed by atoms with Gasteiger partial charge in [-0.25, -0.2) is 0 Å². The fourth-order valence-corrected chi connectivity index (χ4v) is 2.26. The number of amides is 1. The van der Waals surface area contributed by atoms with E-state index in [-0.39, 0.29) is 12.5 Å². The molecule has 0 saturated heterocycles. The van der Waals surface area contributed by atoms with E-state index in [0.717, 1.165) is 25.2 Å². The Balaban J connectivity index is 2.10. The molecule has 4 nitrogen and oxygen atoms in total. The summed E-state index contributed by atoms with van der Waals surface area (Å²) in [6.45, 7) is 3.36. The highest BCUT2D eigenvalue weighted by atomic mass is 35.5. The van der Waals surface area contributed by atoms with Crippen molar-refractivity contribution >= 4 is 29.1 Å². The number of nitrogens with one attached hydrogen (secondary N) is 1. The van der Waals surface area contributed by atoms with Gasteiger partial charge in [0.1, 0.15) is 6.61 Å². The third-order valence-corrected chi connectivity index (χ3v) is 3.26. The molecule has 1 amide bonds. The number of nitrogens with zero attached hydrogens (tertiary/aromatic N) is 1. The maximum absolute atomic E-state index is 11.6. The zero-order valence-electron chi connectivity index (χ0n) is 12.1. The van der Waals surface area contributed by atoms with Gasteiger partial charge in [-0.3, -0.25) is 9.69 Å². The molecule has 1 rings (SSSR count). The quantitative estimate of drug-likeness (QED) is 0.498. The van der Waals surface area contributed by atoms with E-state index in [0.29, 0.717) is 24.9 Å². The topological polar surface area (TPSA) is 41.6 Å². The number of hydrogen-bond acceptors (Lipinski definition) is 3. The lowest BCUT2D eigenvalue weighted by atomic mass is 10.2. The second-order valence-corrected chi connectivity index (χ2v) is 5.29. The second kappa shape index (κ2) is 11.8. The zero-order chi connectivity index (χ0) is 15.3. The normalized spacial score (nSPS) is 10.8. The smallest absolute Gasteiger partial charge is 0.246 e. The van der Waals surface area contributed by atoms with Crippen molar-refractivity contribution in [1.82, 2.24) is 10.2 Å². The fourth-order valence-electron chi connectivity index (χ4n) is 1.78. The van der Waals surface area contributed by atoms with E-state index < -0.39 is 0 Å². The lowest BCUT2D eigenvalue weighted by Gasteiger charge is -2.19. The standard InChI is InChI=1S/C15H22Cl2N2O2/c16-6-8-19(9-7-17)10-11-21-13-15(20)18-12-14-4-2-1-3-5-14/h1-5H,6-13H2,(H,18,20). The molecule has 0 radical (unpaired) electrons. The minimum Gasteiger partial charge on any atom is -0.370 e. The summed E-state index contributed by atoms with van der Waals surface area (Å²) in [6.07, 6.45) is 0. The van der Waals surface area contributed by atoms with E-state index in [1.165, 1.54) is 0 Å². The van der Waals surface area contributed by atoms with Crippen LogP contribution in [0.2, 0.25) is 0 Å². The highest BCUT2D eigenvalue weighted by molar-refractivity contribution is 6.18. The Morgan fingerprint density at radius 2 is 1.76 bits per heavy atom. The van der Waals surface area contributed by atoms with Gasteiger partial charge in [0.15, 0.2) is 0 Å². The van der Waals surface area contributed by atoms with Crippen LogP contribution < -0.4 is 5.32 Å². The van der Waals surface area contributed by atoms with Crippen LogP contribution in [-0.2, 0) is 16.1 Å². The molecule has 0 saturated carbocycles. The Hall–Kier alpha value is -0.810. The van der Waals surface area contributed by atoms with Crippen LogP contribution in [0.5, 0.6) is 0 Å². The average molecular weight is 333 g/mol. The third-order valence-electron chi connectivity index (χ3n) is 2.92. The Morgan fingerprint density at radius 1 is 1.10 bits per heavy atom. The molecule has 0 aromatic heterocycles. The molecule has 1 aromatic rings. The highest BCUT2D eigenvalue weighted by Gasteiger charge is 2.05. The van der Waals surface area contributed by atoms with E-state index >= 15 is 0 Å². The predicted molar refractivity (Wildman–Crippen MR) is 87.0 cm³/mol. The lowest BCUT2D eigenvalue weighted by molar-refractivity contribution is -0.126. The van der Waals surface area contributed by atoms with Crippen molar-refractivity contribution in [2.75, 3.05) is 44.6 Å². The molecule has 6 heteroatoms. The molecule has 0 spiro atoms. The minimum absolute atomic E-state index is 0.0718. The van der Waals surface area contributed by atoms with Crippen molar-refractivity contribution in [3.8, 4) is 0 Å². The first-order chi connectivity index (χ1) is 10.3. The van der Waals surface area contributed by atoms with Crippen LogP contribution in [0.3, 0.4) is 0 Å². The van der Waals surface area contributed by atoms with Crippen LogP contribution in [-0.4, -0.2) is 55.4 Å². The van der Waals surface area contributed by atoms with E-state index in [4.69, 9.17) is 27.9 Å². The lowest BCUT2D eigenvalue weighted by Crippen LogP contribution is -2.33. The number of alkyl halides is 2. The molecule has 0 unspecified atom stereocenters. The average Bonchev–Trinajstić information content (AvgIpc) is 2.51. The Labute approximate surface area is 136 Å². The highest BCUT2D eigenvalue weighted by Crippen LogP contribution is 1.97. The minimum atomic E-state index is -0.111. The molecule has 1 N–H and O–H groups in total. The number of ether oxygens (including phenoxy) is 1. The summed E-state index contributed by atoms with van der Waals surface area (Å²) in [6, 6.07) is 9.77. The SMILES string of the molecule is O=C(COCCN(CCCl)CCCl)NCc1ccccc1. The number of carbonyl (C=O) groups excluding carboxylic acids is 1. The molecular weight excluding hydrogens is 311 g/mol. The molecule has 118 valence electrons. The first kappa shape index (κ1) is 18.2. The first-order valence-corrected chi connectivity index (χ1v) is 8.06. The number of benzene rings is 1. The number of hydrogen-bond donors (Lipinski definition) is 1. The number of carbonyl (C=O) groups is 1. The van der Waals surface area contributed by atoms with Gasteiger partial charge in [-0.15, -0.1) is 23.2 Å². The Bertz CT molecular complexity index is 385. The largest absolute Gasteiger partial charge is 0.370 e. The van der Waals surface area contributed by atoms with Crippen LogP contribution in [0.15, 0.2) is 30.3 Å². The van der Waals surface area contributed by atoms with Crippen LogP contribution >= 0.6 is 23.2 Å². The summed E-state index contributed by atoms with van der Waals surface area (Å²) >= 11 is 11.4. The molecule has 1 aromatic carbocycles. The van der Waals surface area contributed by atoms with Crippen LogP contribution in [0.1, 0.15) is 5.56 Å². The van der Waals surface area contributed by atoms with Gasteiger partial charge in [-0.05, 0) is 5.56 Å². The summed E-state index contributed by atoms with van der Waals surface area (Å²) in [5, 5.41) is 2.82. The number of rotatable bonds is 11. The van der Waals surface area contributed by atoms with Crippen molar-refractivity contribution in [2.45, 2.75) is 6.54 Å². The van der Waals surface area contributed by atoms with Gasteiger partial charge < -0.3 is 10.1 Å². The van der Waals surface area contributed by atoms with Gasteiger partial charge in [0.05, 0.1) is 6.61 Å². The number of halogens is 2. The summed E-state index contributed by atoms with van der Waals surface area (Å²) in [5.74, 6) is 1.02. The van der Waals surface area contributed by atoms with E-state index in [9.17, 15) is 4.79 Å². The summed E-state index contributed by atoms with van der Waals surface area (Å²) in [5.41, 5.74) is 1.07. The van der Waals surface area contributed by atoms with Gasteiger partial charge in [0.2, 0.25) is 5.91 Å². The summed E-state index contributed by atoms with van der Waals surface area (Å²) < 4.78 is 5.37. The second-order valence-electron chi connectivity index (χ2n) is 4.53. The molecule has 0 aliphatic carbocycles. The van der Waals surface area contributed by atoms with Crippen LogP contribution in [0, 0.1) is 0 Å². The molecule has 0 heterocycles. The van der Waals surface area contributed by atoms with Crippen molar-refractivity contribution in [2.24, 2.45) is 0 Å². The van der Waals surface area contributed by atoms with Crippen molar-refractivity contribution in [3.63, 3.8) is 0 Å². The van der Waals surface area contributed by atoms with Crippen molar-refractivity contribution < 1.29 is 9.53 Å². The molecule has 0 aliphatic rings. The van der Waals surface area contributed by atoms with E-state index in [1.807, 2.05) is 30.3 Å². The Morgan fingerprint density at radius 3 is 2.38 bits per heavy atom. The monoisotopic (exact) mass is 332 g/mol. The van der Waals surface area contributed by atoms with E-state index in [2.05, 4.69) is 10.2 Å². The summed E-state index contributed by atoms with van der Waals surface area (Å²) in [7, 11) is 0. The molecular formula is C15H22Cl2N2O2. The predicted octanol–water partition coefficient (Wildman–Crippen LogP) is 2.10. The van der Waals surface area contributed by atoms with Gasteiger partial charge in [-0.1, -0.05) is 30.3 Å². The molecule has 0 bridgehead atoms. The van der Waals surface area contributed by atoms with E-state index in [1.54, 1.807) is 0 Å². The Kier molecular flexibility index (Phi) is 10.3.